The lowest BCUT2D eigenvalue weighted by molar-refractivity contribution is -0.385. The molecule has 0 saturated carbocycles. The number of para-hydroxylation sites is 2. The van der Waals surface area contributed by atoms with Gasteiger partial charge in [0, 0.05) is 11.6 Å². The molecule has 0 fully saturated rings. The minimum Gasteiger partial charge on any atom is -0.434 e. The molecule has 0 unspecified atom stereocenters. The first-order chi connectivity index (χ1) is 11.9. The van der Waals surface area contributed by atoms with Gasteiger partial charge < -0.3 is 10.1 Å². The number of nitro groups is 1. The maximum atomic E-state index is 12.6. The Kier molecular flexibility index (Phi) is 5.99. The molecule has 1 N–H and O–H groups in total. The van der Waals surface area contributed by atoms with Crippen LogP contribution >= 0.6 is 0 Å². The summed E-state index contributed by atoms with van der Waals surface area (Å²) < 4.78 is 29.6. The maximum Gasteiger partial charge on any atom is 0.387 e. The standard InChI is InChI=1S/C17H16F2N2O4/c1-2-13(11-7-4-6-10-15(11)25-17(18)19)20-16(22)12-8-3-5-9-14(12)21(23)24/h3-10,13,17H,2H2,1H3,(H,20,22)/t13-/m1/s1. The van der Waals surface area contributed by atoms with Crippen LogP contribution in [0.5, 0.6) is 5.75 Å². The zero-order valence-corrected chi connectivity index (χ0v) is 13.3. The first kappa shape index (κ1) is 18.3. The van der Waals surface area contributed by atoms with Gasteiger partial charge in [-0.2, -0.15) is 8.78 Å². The molecule has 0 spiro atoms. The number of carbonyl (C=O) groups is 1. The van der Waals surface area contributed by atoms with Crippen molar-refractivity contribution in [2.24, 2.45) is 0 Å². The predicted molar refractivity (Wildman–Crippen MR) is 86.7 cm³/mol. The number of benzene rings is 2. The van der Waals surface area contributed by atoms with Gasteiger partial charge in [-0.05, 0) is 18.6 Å². The Morgan fingerprint density at radius 2 is 1.84 bits per heavy atom. The highest BCUT2D eigenvalue weighted by Gasteiger charge is 2.23. The lowest BCUT2D eigenvalue weighted by Crippen LogP contribution is -2.29. The van der Waals surface area contributed by atoms with Gasteiger partial charge in [-0.25, -0.2) is 0 Å². The second kappa shape index (κ2) is 8.18. The van der Waals surface area contributed by atoms with E-state index in [0.717, 1.165) is 0 Å². The topological polar surface area (TPSA) is 81.5 Å². The van der Waals surface area contributed by atoms with Gasteiger partial charge in [-0.3, -0.25) is 14.9 Å². The molecule has 2 aromatic rings. The van der Waals surface area contributed by atoms with Gasteiger partial charge in [0.25, 0.3) is 11.6 Å². The van der Waals surface area contributed by atoms with Gasteiger partial charge in [0.1, 0.15) is 11.3 Å². The molecule has 25 heavy (non-hydrogen) atoms. The summed E-state index contributed by atoms with van der Waals surface area (Å²) in [4.78, 5) is 22.8. The Labute approximate surface area is 142 Å². The summed E-state index contributed by atoms with van der Waals surface area (Å²) in [5.41, 5.74) is -0.0533. The van der Waals surface area contributed by atoms with E-state index in [9.17, 15) is 23.7 Å². The van der Waals surface area contributed by atoms with Gasteiger partial charge in [0.15, 0.2) is 0 Å². The normalized spacial score (nSPS) is 11.8. The third-order valence-electron chi connectivity index (χ3n) is 3.57. The number of nitrogens with zero attached hydrogens (tertiary/aromatic N) is 1. The third kappa shape index (κ3) is 4.50. The van der Waals surface area contributed by atoms with Crippen molar-refractivity contribution < 1.29 is 23.2 Å². The Morgan fingerprint density at radius 1 is 1.20 bits per heavy atom. The van der Waals surface area contributed by atoms with Crippen LogP contribution in [-0.2, 0) is 0 Å². The zero-order valence-electron chi connectivity index (χ0n) is 13.3. The highest BCUT2D eigenvalue weighted by Crippen LogP contribution is 2.29. The van der Waals surface area contributed by atoms with E-state index in [1.54, 1.807) is 19.1 Å². The van der Waals surface area contributed by atoms with Crippen molar-refractivity contribution in [3.8, 4) is 5.75 Å². The molecule has 2 rings (SSSR count). The van der Waals surface area contributed by atoms with Crippen LogP contribution in [0.25, 0.3) is 0 Å². The Bertz CT molecular complexity index is 768. The number of carbonyl (C=O) groups excluding carboxylic acids is 1. The largest absolute Gasteiger partial charge is 0.434 e. The number of ether oxygens (including phenoxy) is 1. The molecule has 8 heteroatoms. The molecule has 0 bridgehead atoms. The van der Waals surface area contributed by atoms with Crippen molar-refractivity contribution in [1.29, 1.82) is 0 Å². The predicted octanol–water partition coefficient (Wildman–Crippen LogP) is 4.08. The molecule has 0 heterocycles. The van der Waals surface area contributed by atoms with Gasteiger partial charge in [-0.1, -0.05) is 37.3 Å². The number of amides is 1. The summed E-state index contributed by atoms with van der Waals surface area (Å²) in [6.45, 7) is -1.24. The molecule has 0 aliphatic rings. The van der Waals surface area contributed by atoms with Crippen molar-refractivity contribution in [3.05, 3.63) is 69.8 Å². The highest BCUT2D eigenvalue weighted by atomic mass is 19.3. The average molecular weight is 350 g/mol. The number of hydrogen-bond acceptors (Lipinski definition) is 4. The molecule has 1 atom stereocenters. The zero-order chi connectivity index (χ0) is 18.4. The van der Waals surface area contributed by atoms with Crippen LogP contribution < -0.4 is 10.1 Å². The van der Waals surface area contributed by atoms with E-state index in [-0.39, 0.29) is 17.0 Å². The van der Waals surface area contributed by atoms with Crippen LogP contribution in [0.3, 0.4) is 0 Å². The van der Waals surface area contributed by atoms with E-state index >= 15 is 0 Å². The lowest BCUT2D eigenvalue weighted by atomic mass is 10.0. The number of halogens is 2. The second-order valence-electron chi connectivity index (χ2n) is 5.12. The van der Waals surface area contributed by atoms with E-state index in [1.165, 1.54) is 36.4 Å². The molecule has 0 radical (unpaired) electrons. The van der Waals surface area contributed by atoms with Crippen LogP contribution in [0.15, 0.2) is 48.5 Å². The second-order valence-corrected chi connectivity index (χ2v) is 5.12. The van der Waals surface area contributed by atoms with Gasteiger partial charge >= 0.3 is 6.61 Å². The molecule has 1 amide bonds. The van der Waals surface area contributed by atoms with Crippen molar-refractivity contribution in [2.75, 3.05) is 0 Å². The fraction of sp³-hybridized carbons (Fsp3) is 0.235. The molecular formula is C17H16F2N2O4. The number of hydrogen-bond donors (Lipinski definition) is 1. The minimum atomic E-state index is -3.00. The third-order valence-corrected chi connectivity index (χ3v) is 3.57. The molecule has 0 aromatic heterocycles. The summed E-state index contributed by atoms with van der Waals surface area (Å²) in [6, 6.07) is 11.0. The average Bonchev–Trinajstić information content (AvgIpc) is 2.59. The Balaban J connectivity index is 2.29. The van der Waals surface area contributed by atoms with E-state index in [1.807, 2.05) is 0 Å². The van der Waals surface area contributed by atoms with E-state index in [2.05, 4.69) is 10.1 Å². The summed E-state index contributed by atoms with van der Waals surface area (Å²) in [5.74, 6) is -0.710. The van der Waals surface area contributed by atoms with Crippen LogP contribution in [0.1, 0.15) is 35.3 Å². The molecule has 0 aliphatic carbocycles. The summed E-state index contributed by atoms with van der Waals surface area (Å²) in [5, 5.41) is 13.7. The number of alkyl halides is 2. The Morgan fingerprint density at radius 3 is 2.48 bits per heavy atom. The smallest absolute Gasteiger partial charge is 0.387 e. The van der Waals surface area contributed by atoms with Gasteiger partial charge in [-0.15, -0.1) is 0 Å². The first-order valence-electron chi connectivity index (χ1n) is 7.52. The van der Waals surface area contributed by atoms with Crippen molar-refractivity contribution in [1.82, 2.24) is 5.32 Å². The monoisotopic (exact) mass is 350 g/mol. The summed E-state index contributed by atoms with van der Waals surface area (Å²) in [6.07, 6.45) is 0.385. The van der Waals surface area contributed by atoms with Crippen molar-refractivity contribution in [3.63, 3.8) is 0 Å². The molecular weight excluding hydrogens is 334 g/mol. The Hall–Kier alpha value is -3.03. The van der Waals surface area contributed by atoms with Gasteiger partial charge in [0.05, 0.1) is 11.0 Å². The quantitative estimate of drug-likeness (QED) is 0.603. The minimum absolute atomic E-state index is 0.0489. The SMILES string of the molecule is CC[C@@H](NC(=O)c1ccccc1[N+](=O)[O-])c1ccccc1OC(F)F. The van der Waals surface area contributed by atoms with E-state index in [4.69, 9.17) is 0 Å². The van der Waals surface area contributed by atoms with E-state index < -0.39 is 23.5 Å². The molecule has 2 aromatic carbocycles. The summed E-state index contributed by atoms with van der Waals surface area (Å²) in [7, 11) is 0. The van der Waals surface area contributed by atoms with Crippen molar-refractivity contribution in [2.45, 2.75) is 26.0 Å². The molecule has 0 saturated heterocycles. The number of nitrogens with one attached hydrogen (secondary N) is 1. The molecule has 0 aliphatic heterocycles. The highest BCUT2D eigenvalue weighted by molar-refractivity contribution is 5.98. The fourth-order valence-corrected chi connectivity index (χ4v) is 2.43. The fourth-order valence-electron chi connectivity index (χ4n) is 2.43. The van der Waals surface area contributed by atoms with Gasteiger partial charge in [0.2, 0.25) is 0 Å². The molecule has 132 valence electrons. The number of nitro benzene ring substituents is 1. The summed E-state index contributed by atoms with van der Waals surface area (Å²) >= 11 is 0. The van der Waals surface area contributed by atoms with Crippen molar-refractivity contribution >= 4 is 11.6 Å². The van der Waals surface area contributed by atoms with E-state index in [0.29, 0.717) is 12.0 Å². The number of rotatable bonds is 7. The lowest BCUT2D eigenvalue weighted by Gasteiger charge is -2.20. The van der Waals surface area contributed by atoms with Crippen LogP contribution in [0.2, 0.25) is 0 Å². The van der Waals surface area contributed by atoms with Crippen LogP contribution in [-0.4, -0.2) is 17.4 Å². The molecule has 6 nitrogen and oxygen atoms in total. The first-order valence-corrected chi connectivity index (χ1v) is 7.52. The maximum absolute atomic E-state index is 12.6. The van der Waals surface area contributed by atoms with Crippen LogP contribution in [0, 0.1) is 10.1 Å². The van der Waals surface area contributed by atoms with Crippen LogP contribution in [0.4, 0.5) is 14.5 Å².